The molecule has 4 heteroatoms. The lowest BCUT2D eigenvalue weighted by atomic mass is 9.95. The number of methoxy groups -OCH3 is 1. The third-order valence-electron chi connectivity index (χ3n) is 4.36. The molecule has 0 bridgehead atoms. The van der Waals surface area contributed by atoms with E-state index in [1.54, 1.807) is 0 Å². The molecule has 1 saturated heterocycles. The zero-order valence-corrected chi connectivity index (χ0v) is 13.2. The van der Waals surface area contributed by atoms with Gasteiger partial charge in [0, 0.05) is 12.1 Å². The molecular weight excluding hydrogens is 240 g/mol. The van der Waals surface area contributed by atoms with Gasteiger partial charge in [-0.25, -0.2) is 0 Å². The van der Waals surface area contributed by atoms with Crippen LogP contribution in [0.3, 0.4) is 0 Å². The van der Waals surface area contributed by atoms with Crippen molar-refractivity contribution in [3.63, 3.8) is 0 Å². The van der Waals surface area contributed by atoms with Crippen LogP contribution in [0, 0.1) is 0 Å². The minimum Gasteiger partial charge on any atom is -0.468 e. The summed E-state index contributed by atoms with van der Waals surface area (Å²) in [6.07, 6.45) is 4.31. The van der Waals surface area contributed by atoms with Crippen molar-refractivity contribution >= 4 is 5.97 Å². The maximum atomic E-state index is 12.0. The molecular formula is C15H30N2O2. The van der Waals surface area contributed by atoms with Crippen LogP contribution in [-0.4, -0.2) is 48.7 Å². The molecule has 112 valence electrons. The van der Waals surface area contributed by atoms with Crippen LogP contribution in [0.1, 0.15) is 53.4 Å². The van der Waals surface area contributed by atoms with Gasteiger partial charge in [0.15, 0.2) is 0 Å². The number of nitrogens with zero attached hydrogens (tertiary/aromatic N) is 1. The number of carbonyl (C=O) groups is 1. The van der Waals surface area contributed by atoms with Crippen LogP contribution in [0.15, 0.2) is 0 Å². The molecule has 0 amide bonds. The van der Waals surface area contributed by atoms with E-state index >= 15 is 0 Å². The van der Waals surface area contributed by atoms with E-state index in [-0.39, 0.29) is 11.5 Å². The van der Waals surface area contributed by atoms with E-state index in [4.69, 9.17) is 4.74 Å². The van der Waals surface area contributed by atoms with Crippen LogP contribution >= 0.6 is 0 Å². The Hall–Kier alpha value is -0.610. The lowest BCUT2D eigenvalue weighted by Gasteiger charge is -2.35. The topological polar surface area (TPSA) is 41.6 Å². The minimum atomic E-state index is -0.566. The van der Waals surface area contributed by atoms with Crippen LogP contribution in [-0.2, 0) is 9.53 Å². The van der Waals surface area contributed by atoms with Crippen molar-refractivity contribution in [1.82, 2.24) is 10.2 Å². The highest BCUT2D eigenvalue weighted by molar-refractivity contribution is 5.80. The first kappa shape index (κ1) is 16.4. The SMILES string of the molecule is CCCNC(C)(CCN1CCCC1(C)C)C(=O)OC. The number of hydrogen-bond donors (Lipinski definition) is 1. The highest BCUT2D eigenvalue weighted by Gasteiger charge is 2.37. The summed E-state index contributed by atoms with van der Waals surface area (Å²) in [4.78, 5) is 14.5. The van der Waals surface area contributed by atoms with Gasteiger partial charge in [0.05, 0.1) is 7.11 Å². The van der Waals surface area contributed by atoms with Crippen molar-refractivity contribution in [2.45, 2.75) is 64.5 Å². The van der Waals surface area contributed by atoms with Crippen LogP contribution in [0.25, 0.3) is 0 Å². The molecule has 1 unspecified atom stereocenters. The molecule has 0 aromatic rings. The van der Waals surface area contributed by atoms with Crippen LogP contribution in [0.2, 0.25) is 0 Å². The molecule has 0 aromatic heterocycles. The van der Waals surface area contributed by atoms with Crippen LogP contribution in [0.5, 0.6) is 0 Å². The Morgan fingerprint density at radius 2 is 2.16 bits per heavy atom. The monoisotopic (exact) mass is 270 g/mol. The smallest absolute Gasteiger partial charge is 0.325 e. The molecule has 1 fully saturated rings. The van der Waals surface area contributed by atoms with E-state index in [0.29, 0.717) is 0 Å². The Bertz CT molecular complexity index is 305. The summed E-state index contributed by atoms with van der Waals surface area (Å²) in [5.74, 6) is -0.155. The van der Waals surface area contributed by atoms with Gasteiger partial charge in [-0.1, -0.05) is 6.92 Å². The van der Waals surface area contributed by atoms with Gasteiger partial charge in [0.25, 0.3) is 0 Å². The van der Waals surface area contributed by atoms with Gasteiger partial charge in [-0.05, 0) is 59.5 Å². The van der Waals surface area contributed by atoms with E-state index in [0.717, 1.165) is 32.5 Å². The van der Waals surface area contributed by atoms with E-state index in [9.17, 15) is 4.79 Å². The number of ether oxygens (including phenoxy) is 1. The number of likely N-dealkylation sites (tertiary alicyclic amines) is 1. The molecule has 1 aliphatic rings. The summed E-state index contributed by atoms with van der Waals surface area (Å²) in [6.45, 7) is 11.6. The average Bonchev–Trinajstić information content (AvgIpc) is 2.72. The first-order valence-electron chi connectivity index (χ1n) is 7.44. The maximum Gasteiger partial charge on any atom is 0.325 e. The normalized spacial score (nSPS) is 22.2. The van der Waals surface area contributed by atoms with Gasteiger partial charge in [0.2, 0.25) is 0 Å². The van der Waals surface area contributed by atoms with Crippen molar-refractivity contribution < 1.29 is 9.53 Å². The lowest BCUT2D eigenvalue weighted by Crippen LogP contribution is -2.53. The second kappa shape index (κ2) is 6.71. The first-order valence-corrected chi connectivity index (χ1v) is 7.44. The van der Waals surface area contributed by atoms with Gasteiger partial charge in [-0.3, -0.25) is 9.69 Å². The summed E-state index contributed by atoms with van der Waals surface area (Å²) < 4.78 is 4.96. The van der Waals surface area contributed by atoms with Crippen molar-refractivity contribution in [3.8, 4) is 0 Å². The zero-order valence-electron chi connectivity index (χ0n) is 13.2. The third kappa shape index (κ3) is 4.18. The summed E-state index contributed by atoms with van der Waals surface area (Å²) in [7, 11) is 1.47. The van der Waals surface area contributed by atoms with E-state index < -0.39 is 5.54 Å². The Balaban J connectivity index is 2.60. The first-order chi connectivity index (χ1) is 8.85. The number of rotatable bonds is 7. The molecule has 0 radical (unpaired) electrons. The second-order valence-corrected chi connectivity index (χ2v) is 6.40. The number of carbonyl (C=O) groups excluding carboxylic acids is 1. The molecule has 0 aromatic carbocycles. The summed E-state index contributed by atoms with van der Waals surface area (Å²) in [5.41, 5.74) is -0.300. The molecule has 19 heavy (non-hydrogen) atoms. The van der Waals surface area contributed by atoms with Crippen molar-refractivity contribution in [2.75, 3.05) is 26.7 Å². The highest BCUT2D eigenvalue weighted by Crippen LogP contribution is 2.29. The van der Waals surface area contributed by atoms with E-state index in [2.05, 4.69) is 31.0 Å². The van der Waals surface area contributed by atoms with Crippen molar-refractivity contribution in [3.05, 3.63) is 0 Å². The Morgan fingerprint density at radius 3 is 2.63 bits per heavy atom. The maximum absolute atomic E-state index is 12.0. The molecule has 0 aliphatic carbocycles. The lowest BCUT2D eigenvalue weighted by molar-refractivity contribution is -0.148. The van der Waals surface area contributed by atoms with Gasteiger partial charge < -0.3 is 10.1 Å². The van der Waals surface area contributed by atoms with Crippen molar-refractivity contribution in [1.29, 1.82) is 0 Å². The molecule has 0 spiro atoms. The molecule has 0 saturated carbocycles. The summed E-state index contributed by atoms with van der Waals surface area (Å²) in [5, 5.41) is 3.35. The predicted octanol–water partition coefficient (Wildman–Crippen LogP) is 2.18. The predicted molar refractivity (Wildman–Crippen MR) is 78.2 cm³/mol. The zero-order chi connectivity index (χ0) is 14.5. The molecule has 1 heterocycles. The van der Waals surface area contributed by atoms with Gasteiger partial charge in [-0.2, -0.15) is 0 Å². The van der Waals surface area contributed by atoms with E-state index in [1.165, 1.54) is 20.0 Å². The Labute approximate surface area is 117 Å². The number of hydrogen-bond acceptors (Lipinski definition) is 4. The Kier molecular flexibility index (Phi) is 5.81. The fourth-order valence-electron chi connectivity index (χ4n) is 2.83. The summed E-state index contributed by atoms with van der Waals surface area (Å²) >= 11 is 0. The molecule has 1 N–H and O–H groups in total. The molecule has 1 atom stereocenters. The van der Waals surface area contributed by atoms with Crippen LogP contribution in [0.4, 0.5) is 0 Å². The second-order valence-electron chi connectivity index (χ2n) is 6.40. The summed E-state index contributed by atoms with van der Waals surface area (Å²) in [6, 6.07) is 0. The molecule has 4 nitrogen and oxygen atoms in total. The van der Waals surface area contributed by atoms with Gasteiger partial charge in [0.1, 0.15) is 5.54 Å². The average molecular weight is 270 g/mol. The van der Waals surface area contributed by atoms with Crippen molar-refractivity contribution in [2.24, 2.45) is 0 Å². The van der Waals surface area contributed by atoms with Crippen LogP contribution < -0.4 is 5.32 Å². The third-order valence-corrected chi connectivity index (χ3v) is 4.36. The standard InChI is InChI=1S/C15H30N2O2/c1-6-10-16-15(4,13(18)19-5)9-12-17-11-7-8-14(17,2)3/h16H,6-12H2,1-5H3. The van der Waals surface area contributed by atoms with Gasteiger partial charge >= 0.3 is 5.97 Å². The highest BCUT2D eigenvalue weighted by atomic mass is 16.5. The van der Waals surface area contributed by atoms with Gasteiger partial charge in [-0.15, -0.1) is 0 Å². The quantitative estimate of drug-likeness (QED) is 0.720. The molecule has 1 rings (SSSR count). The minimum absolute atomic E-state index is 0.155. The number of nitrogens with one attached hydrogen (secondary N) is 1. The fourth-order valence-corrected chi connectivity index (χ4v) is 2.83. The largest absolute Gasteiger partial charge is 0.468 e. The number of esters is 1. The fraction of sp³-hybridized carbons (Fsp3) is 0.933. The Morgan fingerprint density at radius 1 is 1.47 bits per heavy atom. The van der Waals surface area contributed by atoms with E-state index in [1.807, 2.05) is 6.92 Å². The molecule has 1 aliphatic heterocycles.